The van der Waals surface area contributed by atoms with Crippen molar-refractivity contribution in [3.05, 3.63) is 62.7 Å². The molecule has 0 bridgehead atoms. The van der Waals surface area contributed by atoms with Crippen molar-refractivity contribution < 1.29 is 32.4 Å². The molecule has 0 unspecified atom stereocenters. The first-order chi connectivity index (χ1) is 15.1. The number of carbonyl (C=O) groups excluding carboxylic acids is 2. The predicted octanol–water partition coefficient (Wildman–Crippen LogP) is 4.66. The maximum Gasteiger partial charge on any atom is 0.418 e. The number of hydrogen-bond acceptors (Lipinski definition) is 6. The van der Waals surface area contributed by atoms with Gasteiger partial charge in [-0.15, -0.1) is 0 Å². The highest BCUT2D eigenvalue weighted by Gasteiger charge is 2.35. The SMILES string of the molecule is O=C(COC(=O)c1ccc(N2CCCC2)c([N+](=O)[O-])c1)Nc1c(Cl)cccc1C(F)(F)F. The highest BCUT2D eigenvalue weighted by molar-refractivity contribution is 6.34. The van der Waals surface area contributed by atoms with Crippen LogP contribution in [0, 0.1) is 10.1 Å². The summed E-state index contributed by atoms with van der Waals surface area (Å²) in [5.74, 6) is -2.09. The summed E-state index contributed by atoms with van der Waals surface area (Å²) in [7, 11) is 0. The normalized spacial score (nSPS) is 13.7. The minimum absolute atomic E-state index is 0.166. The van der Waals surface area contributed by atoms with Crippen molar-refractivity contribution >= 4 is 40.5 Å². The maximum absolute atomic E-state index is 13.1. The summed E-state index contributed by atoms with van der Waals surface area (Å²) in [6.07, 6.45) is -2.96. The molecule has 1 amide bonds. The number of halogens is 4. The molecule has 0 aliphatic carbocycles. The van der Waals surface area contributed by atoms with E-state index >= 15 is 0 Å². The average molecular weight is 472 g/mol. The summed E-state index contributed by atoms with van der Waals surface area (Å²) in [6.45, 7) is 0.405. The first-order valence-corrected chi connectivity index (χ1v) is 9.82. The fraction of sp³-hybridized carbons (Fsp3) is 0.300. The molecule has 0 atom stereocenters. The van der Waals surface area contributed by atoms with Gasteiger partial charge in [0.05, 0.1) is 26.8 Å². The smallest absolute Gasteiger partial charge is 0.418 e. The molecule has 2 aromatic rings. The number of rotatable bonds is 6. The average Bonchev–Trinajstić information content (AvgIpc) is 3.27. The zero-order valence-corrected chi connectivity index (χ0v) is 17.2. The van der Waals surface area contributed by atoms with E-state index < -0.39 is 40.8 Å². The summed E-state index contributed by atoms with van der Waals surface area (Å²) in [4.78, 5) is 37.0. The lowest BCUT2D eigenvalue weighted by Crippen LogP contribution is -2.23. The predicted molar refractivity (Wildman–Crippen MR) is 110 cm³/mol. The molecule has 32 heavy (non-hydrogen) atoms. The lowest BCUT2D eigenvalue weighted by molar-refractivity contribution is -0.384. The Hall–Kier alpha value is -3.34. The zero-order valence-electron chi connectivity index (χ0n) is 16.4. The van der Waals surface area contributed by atoms with Crippen LogP contribution in [0.4, 0.5) is 30.2 Å². The number of nitrogens with one attached hydrogen (secondary N) is 1. The third-order valence-electron chi connectivity index (χ3n) is 4.77. The van der Waals surface area contributed by atoms with E-state index in [2.05, 4.69) is 0 Å². The Bertz CT molecular complexity index is 1060. The number of esters is 1. The number of ether oxygens (including phenoxy) is 1. The number of nitro groups is 1. The molecule has 1 heterocycles. The number of para-hydroxylation sites is 1. The molecule has 3 rings (SSSR count). The Morgan fingerprint density at radius 2 is 1.88 bits per heavy atom. The Kier molecular flexibility index (Phi) is 6.87. The van der Waals surface area contributed by atoms with E-state index in [1.54, 1.807) is 0 Å². The Labute approximate surface area is 185 Å². The molecule has 2 aromatic carbocycles. The molecule has 170 valence electrons. The summed E-state index contributed by atoms with van der Waals surface area (Å²) in [6, 6.07) is 6.80. The molecule has 0 radical (unpaired) electrons. The second kappa shape index (κ2) is 9.43. The summed E-state index contributed by atoms with van der Waals surface area (Å²) < 4.78 is 44.1. The lowest BCUT2D eigenvalue weighted by Gasteiger charge is -2.17. The van der Waals surface area contributed by atoms with Crippen LogP contribution < -0.4 is 10.2 Å². The topological polar surface area (TPSA) is 102 Å². The van der Waals surface area contributed by atoms with Crippen LogP contribution in [0.1, 0.15) is 28.8 Å². The zero-order chi connectivity index (χ0) is 23.5. The van der Waals surface area contributed by atoms with Gasteiger partial charge in [-0.05, 0) is 37.1 Å². The Morgan fingerprint density at radius 1 is 1.19 bits per heavy atom. The van der Waals surface area contributed by atoms with Crippen molar-refractivity contribution in [2.75, 3.05) is 29.9 Å². The van der Waals surface area contributed by atoms with Gasteiger partial charge in [0.2, 0.25) is 0 Å². The number of nitro benzene ring substituents is 1. The van der Waals surface area contributed by atoms with Crippen molar-refractivity contribution in [3.8, 4) is 0 Å². The summed E-state index contributed by atoms with van der Waals surface area (Å²) in [5, 5.41) is 13.1. The quantitative estimate of drug-likeness (QED) is 0.373. The van der Waals surface area contributed by atoms with Crippen LogP contribution in [0.5, 0.6) is 0 Å². The van der Waals surface area contributed by atoms with Crippen LogP contribution in [-0.4, -0.2) is 36.5 Å². The standard InChI is InChI=1S/C20H17ClF3N3O5/c21-14-5-3-4-13(20(22,23)24)18(14)25-17(28)11-32-19(29)12-6-7-15(16(10-12)27(30)31)26-8-1-2-9-26/h3-7,10H,1-2,8-9,11H2,(H,25,28). The second-order valence-electron chi connectivity index (χ2n) is 6.94. The molecular weight excluding hydrogens is 455 g/mol. The number of alkyl halides is 3. The van der Waals surface area contributed by atoms with Crippen LogP contribution >= 0.6 is 11.6 Å². The van der Waals surface area contributed by atoms with Crippen LogP contribution in [0.15, 0.2) is 36.4 Å². The van der Waals surface area contributed by atoms with Gasteiger partial charge >= 0.3 is 12.1 Å². The van der Waals surface area contributed by atoms with E-state index in [1.165, 1.54) is 18.2 Å². The summed E-state index contributed by atoms with van der Waals surface area (Å²) in [5.41, 5.74) is -1.89. The molecule has 0 spiro atoms. The maximum atomic E-state index is 13.1. The lowest BCUT2D eigenvalue weighted by atomic mass is 10.1. The molecule has 1 aliphatic rings. The number of hydrogen-bond donors (Lipinski definition) is 1. The Balaban J connectivity index is 1.69. The fourth-order valence-electron chi connectivity index (χ4n) is 3.30. The van der Waals surface area contributed by atoms with Gasteiger partial charge in [0.15, 0.2) is 6.61 Å². The molecule has 1 N–H and O–H groups in total. The van der Waals surface area contributed by atoms with E-state index in [0.717, 1.165) is 31.0 Å². The minimum Gasteiger partial charge on any atom is -0.452 e. The molecule has 1 fully saturated rings. The van der Waals surface area contributed by atoms with Crippen molar-refractivity contribution in [2.45, 2.75) is 19.0 Å². The van der Waals surface area contributed by atoms with Gasteiger partial charge in [0, 0.05) is 19.2 Å². The van der Waals surface area contributed by atoms with Gasteiger partial charge in [-0.3, -0.25) is 14.9 Å². The number of benzene rings is 2. The van der Waals surface area contributed by atoms with E-state index in [1.807, 2.05) is 10.2 Å². The number of anilines is 2. The minimum atomic E-state index is -4.76. The van der Waals surface area contributed by atoms with Gasteiger partial charge in [-0.25, -0.2) is 4.79 Å². The number of carbonyl (C=O) groups is 2. The van der Waals surface area contributed by atoms with Crippen LogP contribution in [0.25, 0.3) is 0 Å². The monoisotopic (exact) mass is 471 g/mol. The molecular formula is C20H17ClF3N3O5. The van der Waals surface area contributed by atoms with E-state index in [0.29, 0.717) is 18.8 Å². The molecule has 0 aromatic heterocycles. The van der Waals surface area contributed by atoms with Gasteiger partial charge in [-0.1, -0.05) is 17.7 Å². The second-order valence-corrected chi connectivity index (χ2v) is 7.35. The largest absolute Gasteiger partial charge is 0.452 e. The van der Waals surface area contributed by atoms with Crippen molar-refractivity contribution in [2.24, 2.45) is 0 Å². The first-order valence-electron chi connectivity index (χ1n) is 9.44. The van der Waals surface area contributed by atoms with E-state index in [-0.39, 0.29) is 16.3 Å². The van der Waals surface area contributed by atoms with Gasteiger partial charge in [0.25, 0.3) is 11.6 Å². The van der Waals surface area contributed by atoms with Gasteiger partial charge in [-0.2, -0.15) is 13.2 Å². The number of nitrogens with zero attached hydrogens (tertiary/aromatic N) is 2. The van der Waals surface area contributed by atoms with Crippen molar-refractivity contribution in [1.29, 1.82) is 0 Å². The molecule has 1 saturated heterocycles. The summed E-state index contributed by atoms with van der Waals surface area (Å²) >= 11 is 5.76. The molecule has 8 nitrogen and oxygen atoms in total. The third kappa shape index (κ3) is 5.28. The van der Waals surface area contributed by atoms with Crippen LogP contribution in [0.2, 0.25) is 5.02 Å². The molecule has 0 saturated carbocycles. The third-order valence-corrected chi connectivity index (χ3v) is 5.09. The van der Waals surface area contributed by atoms with Crippen LogP contribution in [0.3, 0.4) is 0 Å². The highest BCUT2D eigenvalue weighted by atomic mass is 35.5. The van der Waals surface area contributed by atoms with E-state index in [9.17, 15) is 32.9 Å². The highest BCUT2D eigenvalue weighted by Crippen LogP contribution is 2.38. The van der Waals surface area contributed by atoms with Crippen molar-refractivity contribution in [1.82, 2.24) is 0 Å². The fourth-order valence-corrected chi connectivity index (χ4v) is 3.52. The van der Waals surface area contributed by atoms with Gasteiger partial charge < -0.3 is 15.0 Å². The molecule has 1 aliphatic heterocycles. The van der Waals surface area contributed by atoms with Crippen LogP contribution in [-0.2, 0) is 15.7 Å². The van der Waals surface area contributed by atoms with Gasteiger partial charge in [0.1, 0.15) is 5.69 Å². The van der Waals surface area contributed by atoms with Crippen molar-refractivity contribution in [3.63, 3.8) is 0 Å². The van der Waals surface area contributed by atoms with E-state index in [4.69, 9.17) is 16.3 Å². The number of amides is 1. The molecule has 12 heteroatoms. The Morgan fingerprint density at radius 3 is 2.50 bits per heavy atom. The first kappa shape index (κ1) is 23.3.